The van der Waals surface area contributed by atoms with Gasteiger partial charge in [0.2, 0.25) is 6.79 Å². The zero-order valence-corrected chi connectivity index (χ0v) is 20.0. The number of ether oxygens (including phenoxy) is 3. The van der Waals surface area contributed by atoms with E-state index in [9.17, 15) is 14.7 Å². The van der Waals surface area contributed by atoms with E-state index < -0.39 is 23.6 Å². The largest absolute Gasteiger partial charge is 0.503 e. The number of halogens is 2. The van der Waals surface area contributed by atoms with E-state index in [1.807, 2.05) is 6.92 Å². The fraction of sp³-hybridized carbons (Fsp3) is 0.333. The first-order valence-electron chi connectivity index (χ1n) is 10.8. The minimum atomic E-state index is -0.848. The van der Waals surface area contributed by atoms with Crippen LogP contribution in [-0.4, -0.2) is 48.4 Å². The Morgan fingerprint density at radius 2 is 2.06 bits per heavy atom. The topological polar surface area (TPSA) is 97.3 Å². The second kappa shape index (κ2) is 10.5. The molecule has 180 valence electrons. The van der Waals surface area contributed by atoms with Crippen LogP contribution in [0.2, 0.25) is 10.0 Å². The number of amides is 2. The second-order valence-corrected chi connectivity index (χ2v) is 8.54. The molecule has 8 nitrogen and oxygen atoms in total. The quantitative estimate of drug-likeness (QED) is 0.495. The Balaban J connectivity index is 1.63. The van der Waals surface area contributed by atoms with E-state index >= 15 is 0 Å². The summed E-state index contributed by atoms with van der Waals surface area (Å²) in [5.74, 6) is -0.839. The van der Waals surface area contributed by atoms with Gasteiger partial charge in [-0.2, -0.15) is 0 Å². The maximum atomic E-state index is 13.3. The number of nitrogens with one attached hydrogen (secondary N) is 1. The molecule has 0 aliphatic carbocycles. The van der Waals surface area contributed by atoms with Crippen molar-refractivity contribution in [3.8, 4) is 11.5 Å². The number of fused-ring (bicyclic) bond motifs is 1. The van der Waals surface area contributed by atoms with Gasteiger partial charge in [0.1, 0.15) is 0 Å². The van der Waals surface area contributed by atoms with Gasteiger partial charge in [0.05, 0.1) is 21.7 Å². The van der Waals surface area contributed by atoms with Crippen LogP contribution in [0.4, 0.5) is 0 Å². The summed E-state index contributed by atoms with van der Waals surface area (Å²) in [6, 6.07) is 9.42. The second-order valence-electron chi connectivity index (χ2n) is 7.73. The van der Waals surface area contributed by atoms with Gasteiger partial charge in [-0.3, -0.25) is 9.59 Å². The minimum Gasteiger partial charge on any atom is -0.503 e. The summed E-state index contributed by atoms with van der Waals surface area (Å²) >= 11 is 12.0. The monoisotopic (exact) mass is 506 g/mol. The first-order chi connectivity index (χ1) is 16.4. The molecule has 2 N–H and O–H groups in total. The molecule has 2 aliphatic heterocycles. The first kappa shape index (κ1) is 24.2. The van der Waals surface area contributed by atoms with E-state index in [1.54, 1.807) is 36.4 Å². The van der Waals surface area contributed by atoms with Crippen molar-refractivity contribution >= 4 is 35.0 Å². The summed E-state index contributed by atoms with van der Waals surface area (Å²) in [6.07, 6.45) is 0.536. The van der Waals surface area contributed by atoms with Crippen LogP contribution in [0.25, 0.3) is 0 Å². The summed E-state index contributed by atoms with van der Waals surface area (Å²) in [5, 5.41) is 14.3. The molecule has 1 atom stereocenters. The summed E-state index contributed by atoms with van der Waals surface area (Å²) in [4.78, 5) is 27.7. The van der Waals surface area contributed by atoms with Crippen LogP contribution in [0, 0.1) is 0 Å². The lowest BCUT2D eigenvalue weighted by molar-refractivity contribution is -0.129. The van der Waals surface area contributed by atoms with Crippen molar-refractivity contribution in [3.63, 3.8) is 0 Å². The van der Waals surface area contributed by atoms with Crippen molar-refractivity contribution in [1.82, 2.24) is 10.2 Å². The highest BCUT2D eigenvalue weighted by Crippen LogP contribution is 2.46. The summed E-state index contributed by atoms with van der Waals surface area (Å²) in [5.41, 5.74) is 1.23. The molecule has 2 heterocycles. The fourth-order valence-electron chi connectivity index (χ4n) is 4.02. The molecule has 2 aliphatic rings. The van der Waals surface area contributed by atoms with Crippen LogP contribution in [0.5, 0.6) is 11.5 Å². The molecule has 0 spiro atoms. The van der Waals surface area contributed by atoms with Crippen molar-refractivity contribution in [2.75, 3.05) is 26.6 Å². The number of hydrogen-bond donors (Lipinski definition) is 2. The van der Waals surface area contributed by atoms with Gasteiger partial charge < -0.3 is 29.5 Å². The molecule has 10 heteroatoms. The van der Waals surface area contributed by atoms with Gasteiger partial charge in [0.25, 0.3) is 11.8 Å². The highest BCUT2D eigenvalue weighted by molar-refractivity contribution is 6.42. The van der Waals surface area contributed by atoms with Crippen LogP contribution >= 0.6 is 23.2 Å². The maximum Gasteiger partial charge on any atom is 0.290 e. The van der Waals surface area contributed by atoms with E-state index in [4.69, 9.17) is 37.4 Å². The number of hydrogen-bond acceptors (Lipinski definition) is 6. The normalized spacial score (nSPS) is 17.0. The Morgan fingerprint density at radius 1 is 1.24 bits per heavy atom. The lowest BCUT2D eigenvalue weighted by Crippen LogP contribution is -2.34. The number of carbonyl (C=O) groups is 2. The van der Waals surface area contributed by atoms with Crippen molar-refractivity contribution in [3.05, 3.63) is 68.9 Å². The number of carbonyl (C=O) groups excluding carboxylic acids is 2. The van der Waals surface area contributed by atoms with Crippen LogP contribution in [0.1, 0.15) is 30.5 Å². The van der Waals surface area contributed by atoms with E-state index in [2.05, 4.69) is 5.32 Å². The highest BCUT2D eigenvalue weighted by Gasteiger charge is 2.45. The predicted molar refractivity (Wildman–Crippen MR) is 126 cm³/mol. The SMILES string of the molecule is CCOCCCN1C(=O)C(O)=C(C(=O)NCc2ccc(Cl)c(Cl)c2)C1c1cccc2c1OCO2. The molecule has 4 rings (SSSR count). The molecule has 2 aromatic rings. The van der Waals surface area contributed by atoms with E-state index in [-0.39, 0.29) is 25.5 Å². The van der Waals surface area contributed by atoms with Crippen molar-refractivity contribution in [2.24, 2.45) is 0 Å². The minimum absolute atomic E-state index is 0.0336. The predicted octanol–water partition coefficient (Wildman–Crippen LogP) is 4.16. The number of nitrogens with zero attached hydrogens (tertiary/aromatic N) is 1. The smallest absolute Gasteiger partial charge is 0.290 e. The molecule has 2 amide bonds. The molecule has 0 bridgehead atoms. The summed E-state index contributed by atoms with van der Waals surface area (Å²) in [6.45, 7) is 3.33. The van der Waals surface area contributed by atoms with Gasteiger partial charge in [-0.25, -0.2) is 0 Å². The Labute approximate surface area is 207 Å². The zero-order chi connectivity index (χ0) is 24.2. The molecule has 0 radical (unpaired) electrons. The molecule has 34 heavy (non-hydrogen) atoms. The summed E-state index contributed by atoms with van der Waals surface area (Å²) < 4.78 is 16.5. The number of para-hydroxylation sites is 1. The maximum absolute atomic E-state index is 13.3. The lowest BCUT2D eigenvalue weighted by Gasteiger charge is -2.27. The van der Waals surface area contributed by atoms with Crippen LogP contribution in [0.15, 0.2) is 47.7 Å². The average molecular weight is 507 g/mol. The van der Waals surface area contributed by atoms with Gasteiger partial charge in [-0.15, -0.1) is 0 Å². The lowest BCUT2D eigenvalue weighted by atomic mass is 9.97. The third kappa shape index (κ3) is 4.80. The molecule has 1 unspecified atom stereocenters. The van der Waals surface area contributed by atoms with Crippen LogP contribution in [-0.2, 0) is 20.9 Å². The molecular formula is C24H24Cl2N2O6. The van der Waals surface area contributed by atoms with Gasteiger partial charge in [0, 0.05) is 31.9 Å². The number of rotatable bonds is 9. The Bertz CT molecular complexity index is 1140. The summed E-state index contributed by atoms with van der Waals surface area (Å²) in [7, 11) is 0. The Kier molecular flexibility index (Phi) is 7.50. The van der Waals surface area contributed by atoms with Crippen LogP contribution < -0.4 is 14.8 Å². The van der Waals surface area contributed by atoms with Crippen LogP contribution in [0.3, 0.4) is 0 Å². The fourth-order valence-corrected chi connectivity index (χ4v) is 4.34. The number of aliphatic hydroxyl groups is 1. The third-order valence-corrected chi connectivity index (χ3v) is 6.34. The molecule has 0 fully saturated rings. The first-order valence-corrected chi connectivity index (χ1v) is 11.6. The zero-order valence-electron chi connectivity index (χ0n) is 18.5. The highest BCUT2D eigenvalue weighted by atomic mass is 35.5. The molecule has 0 aromatic heterocycles. The Hall–Kier alpha value is -2.94. The van der Waals surface area contributed by atoms with Gasteiger partial charge in [-0.1, -0.05) is 41.4 Å². The average Bonchev–Trinajstić information content (AvgIpc) is 3.40. The van der Waals surface area contributed by atoms with Crippen molar-refractivity contribution in [1.29, 1.82) is 0 Å². The van der Waals surface area contributed by atoms with E-state index in [1.165, 1.54) is 4.90 Å². The molecule has 2 aromatic carbocycles. The Morgan fingerprint density at radius 3 is 2.82 bits per heavy atom. The van der Waals surface area contributed by atoms with Gasteiger partial charge in [0.15, 0.2) is 17.3 Å². The standard InChI is InChI=1S/C24H24Cl2N2O6/c1-2-32-10-4-9-28-20(15-5-3-6-18-22(15)34-13-33-18)19(21(29)24(28)31)23(30)27-12-14-7-8-16(25)17(26)11-14/h3,5-8,11,20,29H,2,4,9-10,12-13H2,1H3,(H,27,30). The molecule has 0 saturated heterocycles. The van der Waals surface area contributed by atoms with E-state index in [0.717, 1.165) is 5.56 Å². The third-order valence-electron chi connectivity index (χ3n) is 5.60. The van der Waals surface area contributed by atoms with E-state index in [0.29, 0.717) is 46.7 Å². The number of benzene rings is 2. The van der Waals surface area contributed by atoms with Crippen molar-refractivity contribution < 1.29 is 28.9 Å². The number of aliphatic hydroxyl groups excluding tert-OH is 1. The molecular weight excluding hydrogens is 483 g/mol. The molecule has 0 saturated carbocycles. The van der Waals surface area contributed by atoms with Gasteiger partial charge in [-0.05, 0) is 37.1 Å². The van der Waals surface area contributed by atoms with Crippen molar-refractivity contribution in [2.45, 2.75) is 25.9 Å². The van der Waals surface area contributed by atoms with Gasteiger partial charge >= 0.3 is 0 Å².